The Labute approximate surface area is 108 Å². The van der Waals surface area contributed by atoms with E-state index in [9.17, 15) is 4.79 Å². The molecule has 1 aromatic carbocycles. The van der Waals surface area contributed by atoms with E-state index in [0.717, 1.165) is 32.7 Å². The first-order valence-electron chi connectivity index (χ1n) is 6.36. The van der Waals surface area contributed by atoms with Gasteiger partial charge in [0, 0.05) is 39.6 Å². The molecule has 0 unspecified atom stereocenters. The molecule has 4 heteroatoms. The van der Waals surface area contributed by atoms with E-state index in [2.05, 4.69) is 34.1 Å². The van der Waals surface area contributed by atoms with Gasteiger partial charge in [-0.15, -0.1) is 0 Å². The quantitative estimate of drug-likeness (QED) is 0.753. The molecule has 0 amide bonds. The Morgan fingerprint density at radius 1 is 1.11 bits per heavy atom. The summed E-state index contributed by atoms with van der Waals surface area (Å²) in [5.41, 5.74) is 1.35. The smallest absolute Gasteiger partial charge is 0.303 e. The van der Waals surface area contributed by atoms with Crippen molar-refractivity contribution in [1.82, 2.24) is 9.80 Å². The van der Waals surface area contributed by atoms with Crippen LogP contribution in [0.25, 0.3) is 0 Å². The van der Waals surface area contributed by atoms with Crippen LogP contribution in [0.4, 0.5) is 0 Å². The zero-order valence-corrected chi connectivity index (χ0v) is 10.8. The summed E-state index contributed by atoms with van der Waals surface area (Å²) in [5, 5.41) is 0. The first-order valence-corrected chi connectivity index (χ1v) is 6.36. The monoisotopic (exact) mass is 248 g/mol. The molecular weight excluding hydrogens is 228 g/mol. The van der Waals surface area contributed by atoms with Crippen molar-refractivity contribution in [2.45, 2.75) is 13.5 Å². The van der Waals surface area contributed by atoms with Gasteiger partial charge in [-0.05, 0) is 5.56 Å². The SMILES string of the molecule is CC(=O)OCN1CCN(Cc2ccccc2)CC1. The number of carbonyl (C=O) groups excluding carboxylic acids is 1. The van der Waals surface area contributed by atoms with E-state index in [1.807, 2.05) is 6.07 Å². The topological polar surface area (TPSA) is 32.8 Å². The van der Waals surface area contributed by atoms with Gasteiger partial charge in [0.25, 0.3) is 0 Å². The lowest BCUT2D eigenvalue weighted by Crippen LogP contribution is -2.46. The maximum absolute atomic E-state index is 10.7. The van der Waals surface area contributed by atoms with Crippen molar-refractivity contribution in [3.63, 3.8) is 0 Å². The number of piperazine rings is 1. The van der Waals surface area contributed by atoms with Gasteiger partial charge in [0.1, 0.15) is 6.73 Å². The third-order valence-corrected chi connectivity index (χ3v) is 3.16. The molecule has 18 heavy (non-hydrogen) atoms. The first-order chi connectivity index (χ1) is 8.74. The molecule has 0 bridgehead atoms. The van der Waals surface area contributed by atoms with Crippen LogP contribution in [0.2, 0.25) is 0 Å². The first kappa shape index (κ1) is 13.1. The minimum atomic E-state index is -0.207. The molecule has 1 fully saturated rings. The minimum absolute atomic E-state index is 0.207. The summed E-state index contributed by atoms with van der Waals surface area (Å²) in [7, 11) is 0. The van der Waals surface area contributed by atoms with Gasteiger partial charge in [-0.2, -0.15) is 0 Å². The van der Waals surface area contributed by atoms with Crippen LogP contribution in [0.5, 0.6) is 0 Å². The molecule has 0 N–H and O–H groups in total. The van der Waals surface area contributed by atoms with Crippen molar-refractivity contribution < 1.29 is 9.53 Å². The molecule has 1 heterocycles. The van der Waals surface area contributed by atoms with Crippen LogP contribution < -0.4 is 0 Å². The Kier molecular flexibility index (Phi) is 4.73. The van der Waals surface area contributed by atoms with Crippen molar-refractivity contribution in [3.8, 4) is 0 Å². The van der Waals surface area contributed by atoms with Crippen molar-refractivity contribution in [2.24, 2.45) is 0 Å². The average Bonchev–Trinajstić information content (AvgIpc) is 2.39. The molecule has 0 saturated carbocycles. The van der Waals surface area contributed by atoms with E-state index in [1.54, 1.807) is 0 Å². The van der Waals surface area contributed by atoms with E-state index < -0.39 is 0 Å². The highest BCUT2D eigenvalue weighted by Gasteiger charge is 2.17. The van der Waals surface area contributed by atoms with E-state index in [4.69, 9.17) is 4.74 Å². The van der Waals surface area contributed by atoms with Crippen LogP contribution in [0.15, 0.2) is 30.3 Å². The Morgan fingerprint density at radius 2 is 1.72 bits per heavy atom. The Bertz CT molecular complexity index is 373. The van der Waals surface area contributed by atoms with Crippen molar-refractivity contribution in [2.75, 3.05) is 32.9 Å². The van der Waals surface area contributed by atoms with Crippen molar-refractivity contribution in [3.05, 3.63) is 35.9 Å². The molecule has 0 aromatic heterocycles. The number of rotatable bonds is 4. The molecular formula is C14H20N2O2. The molecule has 2 rings (SSSR count). The molecule has 1 saturated heterocycles. The minimum Gasteiger partial charge on any atom is -0.450 e. The number of hydrogen-bond donors (Lipinski definition) is 0. The summed E-state index contributed by atoms with van der Waals surface area (Å²) < 4.78 is 5.00. The number of ether oxygens (including phenoxy) is 1. The Morgan fingerprint density at radius 3 is 2.33 bits per heavy atom. The molecule has 1 aromatic rings. The number of carbonyl (C=O) groups is 1. The van der Waals surface area contributed by atoms with Crippen LogP contribution in [0.3, 0.4) is 0 Å². The summed E-state index contributed by atoms with van der Waals surface area (Å²) in [5.74, 6) is -0.207. The highest BCUT2D eigenvalue weighted by Crippen LogP contribution is 2.08. The zero-order chi connectivity index (χ0) is 12.8. The van der Waals surface area contributed by atoms with Gasteiger partial charge in [0.15, 0.2) is 0 Å². The van der Waals surface area contributed by atoms with E-state index >= 15 is 0 Å². The standard InChI is InChI=1S/C14H20N2O2/c1-13(17)18-12-16-9-7-15(8-10-16)11-14-5-3-2-4-6-14/h2-6H,7-12H2,1H3. The van der Waals surface area contributed by atoms with Gasteiger partial charge in [0.05, 0.1) is 0 Å². The second-order valence-corrected chi connectivity index (χ2v) is 4.64. The lowest BCUT2D eigenvalue weighted by atomic mass is 10.2. The largest absolute Gasteiger partial charge is 0.450 e. The fraction of sp³-hybridized carbons (Fsp3) is 0.500. The van der Waals surface area contributed by atoms with E-state index in [1.165, 1.54) is 12.5 Å². The van der Waals surface area contributed by atoms with Crippen molar-refractivity contribution in [1.29, 1.82) is 0 Å². The maximum Gasteiger partial charge on any atom is 0.303 e. The van der Waals surface area contributed by atoms with Crippen molar-refractivity contribution >= 4 is 5.97 Å². The zero-order valence-electron chi connectivity index (χ0n) is 10.8. The predicted octanol–water partition coefficient (Wildman–Crippen LogP) is 1.32. The van der Waals surface area contributed by atoms with Crippen LogP contribution >= 0.6 is 0 Å². The molecule has 1 aliphatic heterocycles. The fourth-order valence-corrected chi connectivity index (χ4v) is 2.10. The van der Waals surface area contributed by atoms with Gasteiger partial charge in [-0.25, -0.2) is 0 Å². The second kappa shape index (κ2) is 6.52. The highest BCUT2D eigenvalue weighted by atomic mass is 16.5. The highest BCUT2D eigenvalue weighted by molar-refractivity contribution is 5.65. The number of nitrogens with zero attached hydrogens (tertiary/aromatic N) is 2. The second-order valence-electron chi connectivity index (χ2n) is 4.64. The third-order valence-electron chi connectivity index (χ3n) is 3.16. The van der Waals surface area contributed by atoms with Gasteiger partial charge in [-0.3, -0.25) is 14.6 Å². The third kappa shape index (κ3) is 4.13. The number of hydrogen-bond acceptors (Lipinski definition) is 4. The maximum atomic E-state index is 10.7. The van der Waals surface area contributed by atoms with Gasteiger partial charge >= 0.3 is 5.97 Å². The van der Waals surface area contributed by atoms with E-state index in [-0.39, 0.29) is 5.97 Å². The summed E-state index contributed by atoms with van der Waals surface area (Å²) in [6, 6.07) is 10.5. The lowest BCUT2D eigenvalue weighted by molar-refractivity contribution is -0.146. The predicted molar refractivity (Wildman–Crippen MR) is 69.9 cm³/mol. The summed E-state index contributed by atoms with van der Waals surface area (Å²) in [6.45, 7) is 6.84. The average molecular weight is 248 g/mol. The Balaban J connectivity index is 1.72. The van der Waals surface area contributed by atoms with Gasteiger partial charge in [-0.1, -0.05) is 30.3 Å². The van der Waals surface area contributed by atoms with E-state index in [0.29, 0.717) is 6.73 Å². The molecule has 1 aliphatic rings. The summed E-state index contributed by atoms with van der Waals surface area (Å²) >= 11 is 0. The molecule has 0 radical (unpaired) electrons. The molecule has 0 atom stereocenters. The fourth-order valence-electron chi connectivity index (χ4n) is 2.10. The van der Waals surface area contributed by atoms with Gasteiger partial charge in [0.2, 0.25) is 0 Å². The summed E-state index contributed by atoms with van der Waals surface area (Å²) in [4.78, 5) is 15.3. The number of benzene rings is 1. The number of esters is 1. The normalized spacial score (nSPS) is 17.6. The van der Waals surface area contributed by atoms with Crippen LogP contribution in [0, 0.1) is 0 Å². The van der Waals surface area contributed by atoms with Crippen LogP contribution in [0.1, 0.15) is 12.5 Å². The summed E-state index contributed by atoms with van der Waals surface area (Å²) in [6.07, 6.45) is 0. The molecule has 98 valence electrons. The molecule has 0 spiro atoms. The molecule has 0 aliphatic carbocycles. The molecule has 4 nitrogen and oxygen atoms in total. The Hall–Kier alpha value is -1.39. The van der Waals surface area contributed by atoms with Gasteiger partial charge < -0.3 is 4.74 Å². The van der Waals surface area contributed by atoms with Crippen LogP contribution in [-0.4, -0.2) is 48.7 Å². The van der Waals surface area contributed by atoms with Crippen LogP contribution in [-0.2, 0) is 16.1 Å². The lowest BCUT2D eigenvalue weighted by Gasteiger charge is -2.34.